The highest BCUT2D eigenvalue weighted by Crippen LogP contribution is 2.20. The van der Waals surface area contributed by atoms with E-state index in [-0.39, 0.29) is 29.9 Å². The first-order valence-corrected chi connectivity index (χ1v) is 11.4. The molecule has 3 aliphatic rings. The van der Waals surface area contributed by atoms with Gasteiger partial charge in [0.1, 0.15) is 0 Å². The molecule has 8 nitrogen and oxygen atoms in total. The fourth-order valence-corrected chi connectivity index (χ4v) is 4.15. The number of hydrogen-bond donors (Lipinski definition) is 1. The van der Waals surface area contributed by atoms with Crippen LogP contribution in [0.4, 0.5) is 0 Å². The lowest BCUT2D eigenvalue weighted by molar-refractivity contribution is -0.140. The van der Waals surface area contributed by atoms with Gasteiger partial charge in [0, 0.05) is 65.0 Å². The highest BCUT2D eigenvalue weighted by Gasteiger charge is 2.30. The number of halogens is 1. The molecule has 0 saturated carbocycles. The molecule has 3 rings (SSSR count). The van der Waals surface area contributed by atoms with Crippen LogP contribution in [-0.2, 0) is 19.0 Å². The minimum atomic E-state index is 0. The van der Waals surface area contributed by atoms with Crippen molar-refractivity contribution in [1.82, 2.24) is 15.1 Å². The summed E-state index contributed by atoms with van der Waals surface area (Å²) in [5.41, 5.74) is 0. The van der Waals surface area contributed by atoms with E-state index in [0.29, 0.717) is 25.2 Å². The van der Waals surface area contributed by atoms with E-state index >= 15 is 0 Å². The van der Waals surface area contributed by atoms with E-state index in [1.807, 2.05) is 4.90 Å². The standard InChI is InChI=1S/C21H38N4O4.HI/c1-2-22-21(23-8-3-13-29-19-6-14-27-15-7-19)25-9-4-18(5-10-25)20(26)24-11-16-28-17-12-24;/h18-19H,2-17H2,1H3,(H,22,23);1H. The molecule has 0 aromatic carbocycles. The summed E-state index contributed by atoms with van der Waals surface area (Å²) in [6.07, 6.45) is 5.08. The van der Waals surface area contributed by atoms with Gasteiger partial charge in [0.2, 0.25) is 5.91 Å². The lowest BCUT2D eigenvalue weighted by atomic mass is 9.95. The average molecular weight is 538 g/mol. The number of guanidine groups is 1. The molecule has 30 heavy (non-hydrogen) atoms. The van der Waals surface area contributed by atoms with Crippen LogP contribution in [0.25, 0.3) is 0 Å². The third-order valence-electron chi connectivity index (χ3n) is 5.89. The maximum absolute atomic E-state index is 12.7. The number of morpholine rings is 1. The minimum absolute atomic E-state index is 0. The summed E-state index contributed by atoms with van der Waals surface area (Å²) in [4.78, 5) is 21.8. The summed E-state index contributed by atoms with van der Waals surface area (Å²) in [5.74, 6) is 1.41. The summed E-state index contributed by atoms with van der Waals surface area (Å²) in [6.45, 7) is 10.7. The van der Waals surface area contributed by atoms with Crippen LogP contribution in [0.3, 0.4) is 0 Å². The molecular weight excluding hydrogens is 499 g/mol. The van der Waals surface area contributed by atoms with E-state index in [0.717, 1.165) is 97.2 Å². The molecule has 174 valence electrons. The number of piperidine rings is 1. The van der Waals surface area contributed by atoms with Gasteiger partial charge >= 0.3 is 0 Å². The van der Waals surface area contributed by atoms with Gasteiger partial charge in [0.25, 0.3) is 0 Å². The monoisotopic (exact) mass is 538 g/mol. The van der Waals surface area contributed by atoms with Crippen LogP contribution < -0.4 is 5.32 Å². The van der Waals surface area contributed by atoms with Crippen molar-refractivity contribution in [3.8, 4) is 0 Å². The first-order chi connectivity index (χ1) is 14.3. The number of carbonyl (C=O) groups excluding carboxylic acids is 1. The molecule has 3 fully saturated rings. The topological polar surface area (TPSA) is 75.6 Å². The maximum atomic E-state index is 12.7. The van der Waals surface area contributed by atoms with Gasteiger partial charge in [-0.25, -0.2) is 0 Å². The Balaban J connectivity index is 0.00000320. The molecule has 3 aliphatic heterocycles. The number of ether oxygens (including phenoxy) is 3. The van der Waals surface area contributed by atoms with Gasteiger partial charge < -0.3 is 29.3 Å². The number of hydrogen-bond acceptors (Lipinski definition) is 5. The summed E-state index contributed by atoms with van der Waals surface area (Å²) >= 11 is 0. The van der Waals surface area contributed by atoms with E-state index in [2.05, 4.69) is 17.1 Å². The number of aliphatic imine (C=N–C) groups is 1. The first-order valence-electron chi connectivity index (χ1n) is 11.4. The Hall–Kier alpha value is -0.650. The number of amides is 1. The molecule has 0 spiro atoms. The predicted octanol–water partition coefficient (Wildman–Crippen LogP) is 1.73. The molecule has 0 aromatic heterocycles. The molecule has 0 atom stereocenters. The minimum Gasteiger partial charge on any atom is -0.381 e. The van der Waals surface area contributed by atoms with Crippen molar-refractivity contribution in [2.45, 2.75) is 45.1 Å². The highest BCUT2D eigenvalue weighted by atomic mass is 127. The molecule has 0 bridgehead atoms. The zero-order valence-electron chi connectivity index (χ0n) is 18.4. The number of carbonyl (C=O) groups is 1. The van der Waals surface area contributed by atoms with Crippen molar-refractivity contribution in [1.29, 1.82) is 0 Å². The second-order valence-electron chi connectivity index (χ2n) is 7.97. The summed E-state index contributed by atoms with van der Waals surface area (Å²) < 4.78 is 16.7. The molecule has 1 N–H and O–H groups in total. The number of likely N-dealkylation sites (tertiary alicyclic amines) is 1. The summed E-state index contributed by atoms with van der Waals surface area (Å²) in [6, 6.07) is 0. The molecular formula is C21H39IN4O4. The molecule has 0 aromatic rings. The van der Waals surface area contributed by atoms with Crippen LogP contribution in [0.15, 0.2) is 4.99 Å². The summed E-state index contributed by atoms with van der Waals surface area (Å²) in [5, 5.41) is 3.41. The van der Waals surface area contributed by atoms with E-state index < -0.39 is 0 Å². The van der Waals surface area contributed by atoms with E-state index in [4.69, 9.17) is 19.2 Å². The third-order valence-corrected chi connectivity index (χ3v) is 5.89. The Morgan fingerprint density at radius 2 is 1.67 bits per heavy atom. The number of nitrogens with one attached hydrogen (secondary N) is 1. The fraction of sp³-hybridized carbons (Fsp3) is 0.905. The number of rotatable bonds is 7. The van der Waals surface area contributed by atoms with E-state index in [1.165, 1.54) is 0 Å². The molecule has 0 radical (unpaired) electrons. The average Bonchev–Trinajstić information content (AvgIpc) is 2.79. The lowest BCUT2D eigenvalue weighted by Crippen LogP contribution is -2.50. The quantitative estimate of drug-likeness (QED) is 0.231. The van der Waals surface area contributed by atoms with Crippen LogP contribution in [0.5, 0.6) is 0 Å². The largest absolute Gasteiger partial charge is 0.381 e. The van der Waals surface area contributed by atoms with Gasteiger partial charge in [0.15, 0.2) is 5.96 Å². The maximum Gasteiger partial charge on any atom is 0.225 e. The molecule has 1 amide bonds. The zero-order valence-corrected chi connectivity index (χ0v) is 20.7. The van der Waals surface area contributed by atoms with Crippen molar-refractivity contribution < 1.29 is 19.0 Å². The molecule has 3 saturated heterocycles. The zero-order chi connectivity index (χ0) is 20.3. The van der Waals surface area contributed by atoms with Gasteiger partial charge in [-0.15, -0.1) is 24.0 Å². The Bertz CT molecular complexity index is 517. The van der Waals surface area contributed by atoms with Gasteiger partial charge in [-0.2, -0.15) is 0 Å². The van der Waals surface area contributed by atoms with Gasteiger partial charge in [0.05, 0.1) is 19.3 Å². The molecule has 9 heteroatoms. The molecule has 0 aliphatic carbocycles. The second kappa shape index (κ2) is 14.4. The van der Waals surface area contributed by atoms with E-state index in [1.54, 1.807) is 0 Å². The smallest absolute Gasteiger partial charge is 0.225 e. The van der Waals surface area contributed by atoms with Crippen LogP contribution in [0.1, 0.15) is 39.0 Å². The Morgan fingerprint density at radius 3 is 2.33 bits per heavy atom. The van der Waals surface area contributed by atoms with Crippen LogP contribution >= 0.6 is 24.0 Å². The molecule has 3 heterocycles. The Labute approximate surface area is 198 Å². The fourth-order valence-electron chi connectivity index (χ4n) is 4.15. The van der Waals surface area contributed by atoms with Crippen LogP contribution in [-0.4, -0.2) is 100 Å². The predicted molar refractivity (Wildman–Crippen MR) is 127 cm³/mol. The SMILES string of the molecule is CCNC(=NCCCOC1CCOCC1)N1CCC(C(=O)N2CCOCC2)CC1.I. The van der Waals surface area contributed by atoms with Gasteiger partial charge in [-0.3, -0.25) is 9.79 Å². The van der Waals surface area contributed by atoms with Crippen molar-refractivity contribution in [2.75, 3.05) is 72.3 Å². The number of nitrogens with zero attached hydrogens (tertiary/aromatic N) is 3. The highest BCUT2D eigenvalue weighted by molar-refractivity contribution is 14.0. The van der Waals surface area contributed by atoms with Crippen molar-refractivity contribution in [2.24, 2.45) is 10.9 Å². The first kappa shape index (κ1) is 25.6. The van der Waals surface area contributed by atoms with Crippen LogP contribution in [0.2, 0.25) is 0 Å². The molecule has 0 unspecified atom stereocenters. The Morgan fingerprint density at radius 1 is 1.00 bits per heavy atom. The summed E-state index contributed by atoms with van der Waals surface area (Å²) in [7, 11) is 0. The normalized spacial score (nSPS) is 22.0. The van der Waals surface area contributed by atoms with Gasteiger partial charge in [-0.05, 0) is 39.0 Å². The van der Waals surface area contributed by atoms with Gasteiger partial charge in [-0.1, -0.05) is 0 Å². The second-order valence-corrected chi connectivity index (χ2v) is 7.97. The van der Waals surface area contributed by atoms with Crippen molar-refractivity contribution in [3.05, 3.63) is 0 Å². The van der Waals surface area contributed by atoms with Crippen molar-refractivity contribution in [3.63, 3.8) is 0 Å². The lowest BCUT2D eigenvalue weighted by Gasteiger charge is -2.36. The Kier molecular flexibility index (Phi) is 12.3. The van der Waals surface area contributed by atoms with E-state index in [9.17, 15) is 4.79 Å². The van der Waals surface area contributed by atoms with Crippen molar-refractivity contribution >= 4 is 35.8 Å². The van der Waals surface area contributed by atoms with Crippen LogP contribution in [0, 0.1) is 5.92 Å². The third kappa shape index (κ3) is 8.12.